The first kappa shape index (κ1) is 16.6. The maximum absolute atomic E-state index is 11.3. The van der Waals surface area contributed by atoms with Crippen molar-refractivity contribution in [1.82, 2.24) is 9.97 Å². The Morgan fingerprint density at radius 2 is 1.79 bits per heavy atom. The maximum atomic E-state index is 11.3. The average Bonchev–Trinajstić information content (AvgIpc) is 3.10. The molecule has 0 unspecified atom stereocenters. The molecular formula is C20H24N2O2. The van der Waals surface area contributed by atoms with Crippen LogP contribution in [-0.4, -0.2) is 23.0 Å². The lowest BCUT2D eigenvalue weighted by atomic mass is 10.0. The summed E-state index contributed by atoms with van der Waals surface area (Å²) in [6.07, 6.45) is 6.12. The lowest BCUT2D eigenvalue weighted by molar-refractivity contribution is -0.139. The summed E-state index contributed by atoms with van der Waals surface area (Å²) in [5, 5.41) is 0. The summed E-state index contributed by atoms with van der Waals surface area (Å²) in [7, 11) is 1.41. The van der Waals surface area contributed by atoms with Crippen LogP contribution in [0.15, 0.2) is 30.3 Å². The van der Waals surface area contributed by atoms with Crippen LogP contribution in [-0.2, 0) is 22.4 Å². The van der Waals surface area contributed by atoms with Crippen molar-refractivity contribution in [3.8, 4) is 0 Å². The van der Waals surface area contributed by atoms with Gasteiger partial charge in [-0.15, -0.1) is 0 Å². The summed E-state index contributed by atoms with van der Waals surface area (Å²) in [5.41, 5.74) is 4.28. The van der Waals surface area contributed by atoms with Crippen LogP contribution >= 0.6 is 0 Å². The second kappa shape index (κ2) is 7.56. The number of nitrogens with zero attached hydrogens (tertiary/aromatic N) is 2. The predicted molar refractivity (Wildman–Crippen MR) is 92.9 cm³/mol. The van der Waals surface area contributed by atoms with Crippen LogP contribution in [0.5, 0.6) is 0 Å². The van der Waals surface area contributed by atoms with Gasteiger partial charge in [0.1, 0.15) is 5.82 Å². The highest BCUT2D eigenvalue weighted by atomic mass is 16.5. The zero-order chi connectivity index (χ0) is 16.9. The van der Waals surface area contributed by atoms with E-state index in [4.69, 9.17) is 9.72 Å². The Labute approximate surface area is 143 Å². The van der Waals surface area contributed by atoms with Gasteiger partial charge in [0.05, 0.1) is 13.5 Å². The topological polar surface area (TPSA) is 52.1 Å². The number of esters is 1. The molecule has 0 radical (unpaired) electrons. The molecule has 24 heavy (non-hydrogen) atoms. The van der Waals surface area contributed by atoms with Gasteiger partial charge in [-0.1, -0.05) is 37.1 Å². The summed E-state index contributed by atoms with van der Waals surface area (Å²) < 4.78 is 4.70. The minimum Gasteiger partial charge on any atom is -0.469 e. The van der Waals surface area contributed by atoms with Crippen molar-refractivity contribution in [2.45, 2.75) is 51.4 Å². The second-order valence-corrected chi connectivity index (χ2v) is 6.59. The molecule has 1 fully saturated rings. The van der Waals surface area contributed by atoms with E-state index in [1.165, 1.54) is 38.4 Å². The molecule has 1 aromatic heterocycles. The van der Waals surface area contributed by atoms with E-state index < -0.39 is 0 Å². The third-order valence-corrected chi connectivity index (χ3v) is 4.63. The van der Waals surface area contributed by atoms with Crippen molar-refractivity contribution in [1.29, 1.82) is 0 Å². The van der Waals surface area contributed by atoms with E-state index in [0.717, 1.165) is 29.2 Å². The summed E-state index contributed by atoms with van der Waals surface area (Å²) >= 11 is 0. The number of methoxy groups -OCH3 is 1. The number of benzene rings is 1. The van der Waals surface area contributed by atoms with E-state index in [1.807, 2.05) is 19.1 Å². The highest BCUT2D eigenvalue weighted by Crippen LogP contribution is 2.32. The molecule has 3 rings (SSSR count). The number of rotatable bonds is 5. The van der Waals surface area contributed by atoms with E-state index in [-0.39, 0.29) is 5.97 Å². The zero-order valence-electron chi connectivity index (χ0n) is 14.4. The van der Waals surface area contributed by atoms with Gasteiger partial charge in [0.2, 0.25) is 0 Å². The van der Waals surface area contributed by atoms with Gasteiger partial charge in [-0.2, -0.15) is 0 Å². The Kier molecular flexibility index (Phi) is 5.24. The Hall–Kier alpha value is -2.23. The number of carbonyl (C=O) groups is 1. The molecule has 4 heteroatoms. The maximum Gasteiger partial charge on any atom is 0.309 e. The molecule has 0 atom stereocenters. The van der Waals surface area contributed by atoms with Crippen LogP contribution in [0.25, 0.3) is 0 Å². The third-order valence-electron chi connectivity index (χ3n) is 4.63. The normalized spacial score (nSPS) is 14.8. The molecule has 1 aliphatic rings. The SMILES string of the molecule is COC(=O)Cc1ccc(Cc2cc(C)nc(C3CCCC3)n2)cc1. The molecule has 4 nitrogen and oxygen atoms in total. The highest BCUT2D eigenvalue weighted by Gasteiger charge is 2.20. The first-order valence-corrected chi connectivity index (χ1v) is 8.63. The van der Waals surface area contributed by atoms with Crippen molar-refractivity contribution in [3.05, 3.63) is 58.7 Å². The molecule has 0 aliphatic heterocycles. The molecule has 1 aromatic carbocycles. The van der Waals surface area contributed by atoms with Crippen molar-refractivity contribution in [3.63, 3.8) is 0 Å². The number of aryl methyl sites for hydroxylation is 1. The smallest absolute Gasteiger partial charge is 0.309 e. The number of carbonyl (C=O) groups excluding carboxylic acids is 1. The summed E-state index contributed by atoms with van der Waals surface area (Å²) in [4.78, 5) is 20.8. The van der Waals surface area contributed by atoms with Crippen LogP contribution in [0, 0.1) is 6.92 Å². The molecule has 1 saturated carbocycles. The minimum atomic E-state index is -0.213. The fourth-order valence-electron chi connectivity index (χ4n) is 3.34. The highest BCUT2D eigenvalue weighted by molar-refractivity contribution is 5.72. The quantitative estimate of drug-likeness (QED) is 0.786. The van der Waals surface area contributed by atoms with Gasteiger partial charge in [-0.05, 0) is 37.0 Å². The van der Waals surface area contributed by atoms with Crippen LogP contribution in [0.1, 0.15) is 59.9 Å². The lowest BCUT2D eigenvalue weighted by Crippen LogP contribution is -2.06. The van der Waals surface area contributed by atoms with E-state index >= 15 is 0 Å². The monoisotopic (exact) mass is 324 g/mol. The van der Waals surface area contributed by atoms with Gasteiger partial charge in [-0.25, -0.2) is 9.97 Å². The second-order valence-electron chi connectivity index (χ2n) is 6.59. The van der Waals surface area contributed by atoms with E-state index in [0.29, 0.717) is 12.3 Å². The fraction of sp³-hybridized carbons (Fsp3) is 0.450. The zero-order valence-corrected chi connectivity index (χ0v) is 14.4. The van der Waals surface area contributed by atoms with Gasteiger partial charge in [0.25, 0.3) is 0 Å². The Morgan fingerprint density at radius 1 is 1.12 bits per heavy atom. The molecule has 0 amide bonds. The van der Waals surface area contributed by atoms with Crippen LogP contribution in [0.3, 0.4) is 0 Å². The molecule has 1 heterocycles. The molecule has 0 spiro atoms. The number of hydrogen-bond acceptors (Lipinski definition) is 4. The molecule has 1 aliphatic carbocycles. The third kappa shape index (κ3) is 4.19. The summed E-state index contributed by atoms with van der Waals surface area (Å²) in [6.45, 7) is 2.04. The van der Waals surface area contributed by atoms with Crippen molar-refractivity contribution >= 4 is 5.97 Å². The first-order chi connectivity index (χ1) is 11.6. The Bertz CT molecular complexity index is 704. The van der Waals surface area contributed by atoms with E-state index in [1.54, 1.807) is 0 Å². The standard InChI is InChI=1S/C20H24N2O2/c1-14-11-18(22-20(21-14)17-5-3-4-6-17)12-15-7-9-16(10-8-15)13-19(23)24-2/h7-11,17H,3-6,12-13H2,1-2H3. The van der Waals surface area contributed by atoms with E-state index in [2.05, 4.69) is 23.2 Å². The molecule has 0 bridgehead atoms. The van der Waals surface area contributed by atoms with Crippen molar-refractivity contribution in [2.75, 3.05) is 7.11 Å². The van der Waals surface area contributed by atoms with Gasteiger partial charge in [-0.3, -0.25) is 4.79 Å². The number of hydrogen-bond donors (Lipinski definition) is 0. The van der Waals surface area contributed by atoms with Gasteiger partial charge < -0.3 is 4.74 Å². The molecule has 2 aromatic rings. The van der Waals surface area contributed by atoms with Crippen LogP contribution < -0.4 is 0 Å². The molecular weight excluding hydrogens is 300 g/mol. The summed E-state index contributed by atoms with van der Waals surface area (Å²) in [6, 6.07) is 10.2. The van der Waals surface area contributed by atoms with Crippen LogP contribution in [0.2, 0.25) is 0 Å². The van der Waals surface area contributed by atoms with Crippen molar-refractivity contribution < 1.29 is 9.53 Å². The Balaban J connectivity index is 1.72. The molecule has 0 saturated heterocycles. The lowest BCUT2D eigenvalue weighted by Gasteiger charge is -2.11. The largest absolute Gasteiger partial charge is 0.469 e. The minimum absolute atomic E-state index is 0.213. The molecule has 126 valence electrons. The van der Waals surface area contributed by atoms with Crippen LogP contribution in [0.4, 0.5) is 0 Å². The fourth-order valence-corrected chi connectivity index (χ4v) is 3.34. The van der Waals surface area contributed by atoms with E-state index in [9.17, 15) is 4.79 Å². The average molecular weight is 324 g/mol. The van der Waals surface area contributed by atoms with Gasteiger partial charge >= 0.3 is 5.97 Å². The Morgan fingerprint density at radius 3 is 2.46 bits per heavy atom. The van der Waals surface area contributed by atoms with Crippen molar-refractivity contribution in [2.24, 2.45) is 0 Å². The molecule has 0 N–H and O–H groups in total. The predicted octanol–water partition coefficient (Wildman–Crippen LogP) is 3.75. The van der Waals surface area contributed by atoms with Gasteiger partial charge in [0.15, 0.2) is 0 Å². The first-order valence-electron chi connectivity index (χ1n) is 8.63. The summed E-state index contributed by atoms with van der Waals surface area (Å²) in [5.74, 6) is 1.34. The number of aromatic nitrogens is 2. The number of ether oxygens (including phenoxy) is 1. The van der Waals surface area contributed by atoms with Gasteiger partial charge in [0, 0.05) is 23.7 Å².